The van der Waals surface area contributed by atoms with Crippen LogP contribution in [0.4, 0.5) is 11.4 Å². The predicted molar refractivity (Wildman–Crippen MR) is 135 cm³/mol. The van der Waals surface area contributed by atoms with Gasteiger partial charge in [-0.3, -0.25) is 25.0 Å². The lowest BCUT2D eigenvalue weighted by Gasteiger charge is -2.32. The second kappa shape index (κ2) is 10.0. The maximum Gasteiger partial charge on any atom is 0.270 e. The molecule has 2 saturated carbocycles. The largest absolute Gasteiger partial charge is 0.273 e. The van der Waals surface area contributed by atoms with E-state index in [-0.39, 0.29) is 29.1 Å². The molecule has 3 aliphatic rings. The first kappa shape index (κ1) is 23.8. The standard InChI is InChI=1S/C27H28N4O5/c32-27(19-8-2-1-3-9-19)29-26(21-11-5-13-23(17-21)31(35)36)24-14-6-10-20(25(24)28-29)15-18-7-4-12-22(16-18)30(33)34/h4-5,7,11-13,15-17,19,24,26H,1-3,6,8-10,14H2. The van der Waals surface area contributed by atoms with Crippen LogP contribution in [-0.4, -0.2) is 26.5 Å². The van der Waals surface area contributed by atoms with E-state index in [0.29, 0.717) is 11.1 Å². The zero-order valence-corrected chi connectivity index (χ0v) is 19.9. The molecule has 0 radical (unpaired) electrons. The molecule has 1 heterocycles. The van der Waals surface area contributed by atoms with Gasteiger partial charge >= 0.3 is 0 Å². The maximum absolute atomic E-state index is 13.7. The van der Waals surface area contributed by atoms with Crippen LogP contribution in [-0.2, 0) is 4.79 Å². The van der Waals surface area contributed by atoms with Crippen LogP contribution in [0.5, 0.6) is 0 Å². The predicted octanol–water partition coefficient (Wildman–Crippen LogP) is 6.21. The minimum absolute atomic E-state index is 0.00538. The van der Waals surface area contributed by atoms with Gasteiger partial charge in [0.15, 0.2) is 0 Å². The Labute approximate surface area is 208 Å². The fourth-order valence-electron chi connectivity index (χ4n) is 5.80. The van der Waals surface area contributed by atoms with E-state index >= 15 is 0 Å². The van der Waals surface area contributed by atoms with Gasteiger partial charge in [0.2, 0.25) is 5.91 Å². The number of allylic oxidation sites excluding steroid dienone is 1. The number of fused-ring (bicyclic) bond motifs is 1. The fourth-order valence-corrected chi connectivity index (χ4v) is 5.80. The Bertz CT molecular complexity index is 1260. The summed E-state index contributed by atoms with van der Waals surface area (Å²) in [4.78, 5) is 35.6. The Morgan fingerprint density at radius 1 is 0.917 bits per heavy atom. The third kappa shape index (κ3) is 4.65. The highest BCUT2D eigenvalue weighted by Gasteiger charge is 2.45. The van der Waals surface area contributed by atoms with Crippen molar-refractivity contribution in [3.05, 3.63) is 85.5 Å². The van der Waals surface area contributed by atoms with Crippen molar-refractivity contribution in [1.29, 1.82) is 0 Å². The second-order valence-corrected chi connectivity index (χ2v) is 9.82. The van der Waals surface area contributed by atoms with E-state index in [9.17, 15) is 25.0 Å². The lowest BCUT2D eigenvalue weighted by molar-refractivity contribution is -0.385. The van der Waals surface area contributed by atoms with Gasteiger partial charge in [-0.25, -0.2) is 5.01 Å². The Kier molecular flexibility index (Phi) is 6.63. The highest BCUT2D eigenvalue weighted by Crippen LogP contribution is 2.46. The Morgan fingerprint density at radius 3 is 2.33 bits per heavy atom. The first-order valence-electron chi connectivity index (χ1n) is 12.5. The van der Waals surface area contributed by atoms with Crippen molar-refractivity contribution in [2.24, 2.45) is 16.9 Å². The molecule has 2 aromatic rings. The summed E-state index contributed by atoms with van der Waals surface area (Å²) in [5.41, 5.74) is 3.22. The topological polar surface area (TPSA) is 119 Å². The van der Waals surface area contributed by atoms with Gasteiger partial charge in [0, 0.05) is 36.1 Å². The van der Waals surface area contributed by atoms with E-state index in [2.05, 4.69) is 0 Å². The molecule has 1 amide bonds. The lowest BCUT2D eigenvalue weighted by Crippen LogP contribution is -2.36. The summed E-state index contributed by atoms with van der Waals surface area (Å²) < 4.78 is 0. The molecule has 2 atom stereocenters. The number of rotatable bonds is 5. The van der Waals surface area contributed by atoms with E-state index in [4.69, 9.17) is 5.10 Å². The number of hydrazone groups is 1. The number of carbonyl (C=O) groups excluding carboxylic acids is 1. The van der Waals surface area contributed by atoms with Crippen LogP contribution in [0.2, 0.25) is 0 Å². The van der Waals surface area contributed by atoms with Gasteiger partial charge in [0.05, 0.1) is 21.6 Å². The van der Waals surface area contributed by atoms with Crippen LogP contribution in [0.25, 0.3) is 6.08 Å². The first-order chi connectivity index (χ1) is 17.4. The van der Waals surface area contributed by atoms with Crippen LogP contribution in [0.3, 0.4) is 0 Å². The molecule has 0 bridgehead atoms. The number of amides is 1. The third-order valence-electron chi connectivity index (χ3n) is 7.53. The van der Waals surface area contributed by atoms with Gasteiger partial charge in [-0.05, 0) is 54.9 Å². The number of carbonyl (C=O) groups is 1. The van der Waals surface area contributed by atoms with Gasteiger partial charge < -0.3 is 0 Å². The van der Waals surface area contributed by atoms with E-state index in [0.717, 1.165) is 62.7 Å². The SMILES string of the molecule is O=C(C1CCCCC1)N1N=C2C(=Cc3cccc([N+](=O)[O-])c3)CCCC2C1c1cccc([N+](=O)[O-])c1. The molecule has 2 aliphatic carbocycles. The average molecular weight is 489 g/mol. The first-order valence-corrected chi connectivity index (χ1v) is 12.5. The molecule has 36 heavy (non-hydrogen) atoms. The molecule has 2 unspecified atom stereocenters. The Morgan fingerprint density at radius 2 is 1.61 bits per heavy atom. The van der Waals surface area contributed by atoms with E-state index in [1.165, 1.54) is 18.2 Å². The normalized spacial score (nSPS) is 23.3. The molecule has 0 N–H and O–H groups in total. The smallest absolute Gasteiger partial charge is 0.270 e. The summed E-state index contributed by atoms with van der Waals surface area (Å²) in [6.45, 7) is 0. The number of hydrogen-bond donors (Lipinski definition) is 0. The highest BCUT2D eigenvalue weighted by molar-refractivity contribution is 6.08. The zero-order chi connectivity index (χ0) is 25.2. The second-order valence-electron chi connectivity index (χ2n) is 9.82. The number of non-ortho nitro benzene ring substituents is 2. The van der Waals surface area contributed by atoms with E-state index in [1.807, 2.05) is 18.2 Å². The Hall–Kier alpha value is -3.88. The molecule has 1 aliphatic heterocycles. The molecule has 5 rings (SSSR count). The summed E-state index contributed by atoms with van der Waals surface area (Å²) >= 11 is 0. The number of hydrogen-bond acceptors (Lipinski definition) is 6. The van der Waals surface area contributed by atoms with Crippen molar-refractivity contribution in [1.82, 2.24) is 5.01 Å². The van der Waals surface area contributed by atoms with Gasteiger partial charge in [0.1, 0.15) is 0 Å². The summed E-state index contributed by atoms with van der Waals surface area (Å²) in [7, 11) is 0. The minimum Gasteiger partial charge on any atom is -0.273 e. The summed E-state index contributed by atoms with van der Waals surface area (Å²) in [6.07, 6.45) is 9.21. The molecular formula is C27H28N4O5. The van der Waals surface area contributed by atoms with Gasteiger partial charge in [-0.2, -0.15) is 5.10 Å². The molecule has 0 aromatic heterocycles. The Balaban J connectivity index is 1.55. The molecule has 2 aromatic carbocycles. The molecule has 9 nitrogen and oxygen atoms in total. The summed E-state index contributed by atoms with van der Waals surface area (Å²) in [5, 5.41) is 29.2. The molecule has 2 fully saturated rings. The molecule has 0 saturated heterocycles. The number of nitrogens with zero attached hydrogens (tertiary/aromatic N) is 4. The van der Waals surface area contributed by atoms with Crippen molar-refractivity contribution in [3.8, 4) is 0 Å². The van der Waals surface area contributed by atoms with Crippen molar-refractivity contribution >= 4 is 29.1 Å². The van der Waals surface area contributed by atoms with Crippen molar-refractivity contribution in [2.45, 2.75) is 57.4 Å². The van der Waals surface area contributed by atoms with Crippen LogP contribution in [0.1, 0.15) is 68.5 Å². The molecule has 9 heteroatoms. The van der Waals surface area contributed by atoms with Crippen molar-refractivity contribution in [3.63, 3.8) is 0 Å². The minimum atomic E-state index is -0.415. The molecule has 0 spiro atoms. The van der Waals surface area contributed by atoms with Crippen LogP contribution >= 0.6 is 0 Å². The quantitative estimate of drug-likeness (QED) is 0.366. The maximum atomic E-state index is 13.7. The van der Waals surface area contributed by atoms with E-state index < -0.39 is 15.9 Å². The fraction of sp³-hybridized carbons (Fsp3) is 0.407. The lowest BCUT2D eigenvalue weighted by atomic mass is 9.77. The zero-order valence-electron chi connectivity index (χ0n) is 19.9. The third-order valence-corrected chi connectivity index (χ3v) is 7.53. The van der Waals surface area contributed by atoms with Crippen molar-refractivity contribution < 1.29 is 14.6 Å². The number of benzene rings is 2. The summed E-state index contributed by atoms with van der Waals surface area (Å²) in [6, 6.07) is 12.6. The van der Waals surface area contributed by atoms with Crippen LogP contribution < -0.4 is 0 Å². The van der Waals surface area contributed by atoms with Gasteiger partial charge in [-0.15, -0.1) is 0 Å². The van der Waals surface area contributed by atoms with Crippen LogP contribution in [0, 0.1) is 32.1 Å². The van der Waals surface area contributed by atoms with Crippen molar-refractivity contribution in [2.75, 3.05) is 0 Å². The molecular weight excluding hydrogens is 460 g/mol. The monoisotopic (exact) mass is 488 g/mol. The highest BCUT2D eigenvalue weighted by atomic mass is 16.6. The summed E-state index contributed by atoms with van der Waals surface area (Å²) in [5.74, 6) is -0.185. The molecule has 186 valence electrons. The average Bonchev–Trinajstić information content (AvgIpc) is 3.29. The van der Waals surface area contributed by atoms with Gasteiger partial charge in [-0.1, -0.05) is 43.5 Å². The van der Waals surface area contributed by atoms with E-state index in [1.54, 1.807) is 23.2 Å². The number of nitro benzene ring substituents is 2. The number of nitro groups is 2. The van der Waals surface area contributed by atoms with Gasteiger partial charge in [0.25, 0.3) is 11.4 Å². The van der Waals surface area contributed by atoms with Crippen LogP contribution in [0.15, 0.2) is 59.2 Å².